The second-order valence-electron chi connectivity index (χ2n) is 7.47. The lowest BCUT2D eigenvalue weighted by molar-refractivity contribution is 0.0736. The van der Waals surface area contributed by atoms with Gasteiger partial charge in [0.2, 0.25) is 0 Å². The summed E-state index contributed by atoms with van der Waals surface area (Å²) in [5.41, 5.74) is 4.27. The van der Waals surface area contributed by atoms with E-state index in [0.717, 1.165) is 38.0 Å². The van der Waals surface area contributed by atoms with Crippen molar-refractivity contribution in [2.45, 2.75) is 46.2 Å². The fraction of sp³-hybridized carbons (Fsp3) is 0.320. The summed E-state index contributed by atoms with van der Waals surface area (Å²) in [5, 5.41) is 0.508. The average molecular weight is 409 g/mol. The lowest BCUT2D eigenvalue weighted by Gasteiger charge is -2.24. The van der Waals surface area contributed by atoms with Crippen LogP contribution in [-0.4, -0.2) is 21.9 Å². The van der Waals surface area contributed by atoms with Gasteiger partial charge in [0.1, 0.15) is 0 Å². The first-order valence-electron chi connectivity index (χ1n) is 10.3. The molecule has 3 nitrogen and oxygen atoms in total. The Morgan fingerprint density at radius 1 is 1.00 bits per heavy atom. The van der Waals surface area contributed by atoms with Crippen molar-refractivity contribution in [3.8, 4) is 0 Å². The first-order valence-corrected chi connectivity index (χ1v) is 10.7. The van der Waals surface area contributed by atoms with Crippen molar-refractivity contribution in [3.63, 3.8) is 0 Å². The van der Waals surface area contributed by atoms with E-state index in [1.807, 2.05) is 23.1 Å². The highest BCUT2D eigenvalue weighted by Crippen LogP contribution is 2.20. The molecule has 0 saturated carbocycles. The Kier molecular flexibility index (Phi) is 7.54. The van der Waals surface area contributed by atoms with E-state index in [1.54, 1.807) is 6.07 Å². The van der Waals surface area contributed by atoms with Gasteiger partial charge in [-0.15, -0.1) is 0 Å². The number of aromatic nitrogens is 1. The van der Waals surface area contributed by atoms with E-state index in [1.165, 1.54) is 11.1 Å². The molecule has 0 fully saturated rings. The minimum atomic E-state index is -0.00431. The summed E-state index contributed by atoms with van der Waals surface area (Å²) in [5.74, 6) is -0.00431. The first-order chi connectivity index (χ1) is 14.1. The molecule has 3 rings (SSSR count). The maximum atomic E-state index is 13.2. The highest BCUT2D eigenvalue weighted by molar-refractivity contribution is 6.33. The van der Waals surface area contributed by atoms with Gasteiger partial charge in [0.05, 0.1) is 17.1 Å². The first kappa shape index (κ1) is 21.2. The number of carbonyl (C=O) groups is 1. The van der Waals surface area contributed by atoms with Crippen LogP contribution in [0, 0.1) is 6.92 Å². The number of aryl methyl sites for hydroxylation is 1. The highest BCUT2D eigenvalue weighted by atomic mass is 35.5. The monoisotopic (exact) mass is 408 g/mol. The van der Waals surface area contributed by atoms with E-state index in [9.17, 15) is 4.79 Å². The van der Waals surface area contributed by atoms with Crippen LogP contribution in [0.4, 0.5) is 0 Å². The fourth-order valence-corrected chi connectivity index (χ4v) is 3.74. The molecule has 0 unspecified atom stereocenters. The Hall–Kier alpha value is -2.52. The molecule has 0 aliphatic carbocycles. The van der Waals surface area contributed by atoms with E-state index in [0.29, 0.717) is 17.1 Å². The Morgan fingerprint density at radius 2 is 1.76 bits per heavy atom. The molecule has 0 aliphatic heterocycles. The smallest absolute Gasteiger partial charge is 0.255 e. The van der Waals surface area contributed by atoms with Gasteiger partial charge in [-0.1, -0.05) is 67.8 Å². The van der Waals surface area contributed by atoms with Crippen LogP contribution in [0.15, 0.2) is 66.9 Å². The van der Waals surface area contributed by atoms with Gasteiger partial charge in [-0.3, -0.25) is 4.79 Å². The van der Waals surface area contributed by atoms with Crippen molar-refractivity contribution in [1.82, 2.24) is 9.47 Å². The molecule has 0 aliphatic rings. The zero-order valence-electron chi connectivity index (χ0n) is 17.3. The van der Waals surface area contributed by atoms with Crippen molar-refractivity contribution in [3.05, 3.63) is 94.3 Å². The van der Waals surface area contributed by atoms with Crippen molar-refractivity contribution < 1.29 is 4.79 Å². The van der Waals surface area contributed by atoms with Crippen LogP contribution in [0.5, 0.6) is 0 Å². The summed E-state index contributed by atoms with van der Waals surface area (Å²) in [6, 6.07) is 19.9. The normalized spacial score (nSPS) is 10.9. The summed E-state index contributed by atoms with van der Waals surface area (Å²) in [4.78, 5) is 15.2. The molecular weight excluding hydrogens is 380 g/mol. The number of halogens is 1. The molecular formula is C25H29ClN2O. The zero-order chi connectivity index (χ0) is 20.6. The van der Waals surface area contributed by atoms with E-state index in [4.69, 9.17) is 11.6 Å². The number of unbranched alkanes of at least 4 members (excludes halogenated alkanes) is 2. The molecule has 0 radical (unpaired) electrons. The van der Waals surface area contributed by atoms with Gasteiger partial charge in [0.25, 0.3) is 5.91 Å². The lowest BCUT2D eigenvalue weighted by atomic mass is 10.1. The Balaban J connectivity index is 1.81. The Labute approximate surface area is 178 Å². The molecule has 3 aromatic rings. The van der Waals surface area contributed by atoms with Crippen LogP contribution in [0.2, 0.25) is 5.02 Å². The standard InChI is InChI=1S/C25H29ClN2O/c1-3-4-9-16-28(25(29)23-14-7-8-15-24(23)26)19-22-13-10-17-27(22)18-21-12-6-5-11-20(21)2/h5-8,10-15,17H,3-4,9,16,18-19H2,1-2H3. The van der Waals surface area contributed by atoms with Gasteiger partial charge >= 0.3 is 0 Å². The van der Waals surface area contributed by atoms with Crippen LogP contribution in [0.1, 0.15) is 53.4 Å². The van der Waals surface area contributed by atoms with E-state index >= 15 is 0 Å². The van der Waals surface area contributed by atoms with Gasteiger partial charge < -0.3 is 9.47 Å². The molecule has 1 aromatic heterocycles. The molecule has 4 heteroatoms. The largest absolute Gasteiger partial charge is 0.345 e. The second kappa shape index (κ2) is 10.3. The fourth-order valence-electron chi connectivity index (χ4n) is 3.52. The number of carbonyl (C=O) groups excluding carboxylic acids is 1. The Bertz CT molecular complexity index is 947. The zero-order valence-corrected chi connectivity index (χ0v) is 18.0. The highest BCUT2D eigenvalue weighted by Gasteiger charge is 2.19. The molecule has 0 N–H and O–H groups in total. The number of benzene rings is 2. The summed E-state index contributed by atoms with van der Waals surface area (Å²) in [6.45, 7) is 6.42. The third-order valence-electron chi connectivity index (χ3n) is 5.30. The number of amides is 1. The van der Waals surface area contributed by atoms with Crippen LogP contribution >= 0.6 is 11.6 Å². The number of hydrogen-bond donors (Lipinski definition) is 0. The maximum Gasteiger partial charge on any atom is 0.255 e. The van der Waals surface area contributed by atoms with Gasteiger partial charge in [-0.05, 0) is 48.7 Å². The molecule has 0 atom stereocenters. The molecule has 0 spiro atoms. The van der Waals surface area contributed by atoms with Crippen molar-refractivity contribution in [1.29, 1.82) is 0 Å². The third kappa shape index (κ3) is 5.51. The van der Waals surface area contributed by atoms with E-state index in [-0.39, 0.29) is 5.91 Å². The third-order valence-corrected chi connectivity index (χ3v) is 5.63. The SMILES string of the molecule is CCCCCN(Cc1cccn1Cc1ccccc1C)C(=O)c1ccccc1Cl. The van der Waals surface area contributed by atoms with Crippen molar-refractivity contribution >= 4 is 17.5 Å². The van der Waals surface area contributed by atoms with E-state index < -0.39 is 0 Å². The topological polar surface area (TPSA) is 25.2 Å². The Morgan fingerprint density at radius 3 is 2.52 bits per heavy atom. The second-order valence-corrected chi connectivity index (χ2v) is 7.87. The average Bonchev–Trinajstić information content (AvgIpc) is 3.15. The molecule has 152 valence electrons. The minimum absolute atomic E-state index is 0.00431. The van der Waals surface area contributed by atoms with Crippen LogP contribution in [0.25, 0.3) is 0 Å². The number of hydrogen-bond acceptors (Lipinski definition) is 1. The molecule has 1 heterocycles. The molecule has 2 aromatic carbocycles. The van der Waals surface area contributed by atoms with Crippen molar-refractivity contribution in [2.75, 3.05) is 6.54 Å². The lowest BCUT2D eigenvalue weighted by Crippen LogP contribution is -2.32. The summed E-state index contributed by atoms with van der Waals surface area (Å²) in [7, 11) is 0. The number of nitrogens with zero attached hydrogens (tertiary/aromatic N) is 2. The van der Waals surface area contributed by atoms with Crippen molar-refractivity contribution in [2.24, 2.45) is 0 Å². The van der Waals surface area contributed by atoms with Crippen LogP contribution in [-0.2, 0) is 13.1 Å². The number of rotatable bonds is 9. The summed E-state index contributed by atoms with van der Waals surface area (Å²) >= 11 is 6.31. The molecule has 29 heavy (non-hydrogen) atoms. The van der Waals surface area contributed by atoms with E-state index in [2.05, 4.69) is 61.0 Å². The summed E-state index contributed by atoms with van der Waals surface area (Å²) < 4.78 is 2.23. The van der Waals surface area contributed by atoms with Gasteiger partial charge in [0.15, 0.2) is 0 Å². The summed E-state index contributed by atoms with van der Waals surface area (Å²) in [6.07, 6.45) is 5.31. The molecule has 0 saturated heterocycles. The maximum absolute atomic E-state index is 13.2. The van der Waals surface area contributed by atoms with Gasteiger partial charge in [-0.25, -0.2) is 0 Å². The minimum Gasteiger partial charge on any atom is -0.345 e. The molecule has 1 amide bonds. The van der Waals surface area contributed by atoms with Gasteiger partial charge in [0, 0.05) is 25.0 Å². The van der Waals surface area contributed by atoms with Crippen LogP contribution < -0.4 is 0 Å². The quantitative estimate of drug-likeness (QED) is 0.379. The van der Waals surface area contributed by atoms with Crippen LogP contribution in [0.3, 0.4) is 0 Å². The predicted octanol–water partition coefficient (Wildman–Crippen LogP) is 6.33. The predicted molar refractivity (Wildman–Crippen MR) is 120 cm³/mol. The van der Waals surface area contributed by atoms with Gasteiger partial charge in [-0.2, -0.15) is 0 Å². The molecule has 0 bridgehead atoms.